The summed E-state index contributed by atoms with van der Waals surface area (Å²) in [4.78, 5) is 76.2. The van der Waals surface area contributed by atoms with Gasteiger partial charge in [-0.25, -0.2) is 4.79 Å². The van der Waals surface area contributed by atoms with Crippen molar-refractivity contribution in [2.75, 3.05) is 0 Å². The van der Waals surface area contributed by atoms with E-state index in [2.05, 4.69) is 0 Å². The molecule has 13 heteroatoms. The average molecular weight is 607 g/mol. The van der Waals surface area contributed by atoms with Crippen LogP contribution in [0.5, 0.6) is 0 Å². The highest BCUT2D eigenvalue weighted by atomic mass is 16.7. The minimum Gasteiger partial charge on any atom is -0.461 e. The van der Waals surface area contributed by atoms with Crippen molar-refractivity contribution in [3.05, 3.63) is 23.3 Å². The number of hydrogen-bond acceptors (Lipinski definition) is 13. The molecule has 0 bridgehead atoms. The molecule has 2 aliphatic carbocycles. The van der Waals surface area contributed by atoms with Crippen molar-refractivity contribution in [1.29, 1.82) is 0 Å². The summed E-state index contributed by atoms with van der Waals surface area (Å²) in [6.45, 7) is 12.4. The molecule has 2 fully saturated rings. The number of carbonyl (C=O) groups excluding carboxylic acids is 6. The third-order valence-electron chi connectivity index (χ3n) is 8.92. The summed E-state index contributed by atoms with van der Waals surface area (Å²) in [6, 6.07) is 0. The fourth-order valence-electron chi connectivity index (χ4n) is 7.19. The molecule has 236 valence electrons. The molecule has 43 heavy (non-hydrogen) atoms. The van der Waals surface area contributed by atoms with Gasteiger partial charge in [-0.1, -0.05) is 18.6 Å². The third-order valence-corrected chi connectivity index (χ3v) is 8.92. The predicted octanol–water partition coefficient (Wildman–Crippen LogP) is 2.03. The zero-order valence-corrected chi connectivity index (χ0v) is 25.7. The van der Waals surface area contributed by atoms with Gasteiger partial charge < -0.3 is 33.2 Å². The molecule has 2 saturated heterocycles. The lowest BCUT2D eigenvalue weighted by Crippen LogP contribution is -2.66. The van der Waals surface area contributed by atoms with Crippen molar-refractivity contribution in [1.82, 2.24) is 0 Å². The topological polar surface area (TPSA) is 170 Å². The van der Waals surface area contributed by atoms with E-state index in [4.69, 9.17) is 33.2 Å². The first-order valence-corrected chi connectivity index (χ1v) is 14.0. The van der Waals surface area contributed by atoms with Crippen LogP contribution in [0.4, 0.5) is 0 Å². The molecule has 13 nitrogen and oxygen atoms in total. The molecule has 0 radical (unpaired) electrons. The Morgan fingerprint density at radius 3 is 1.81 bits per heavy atom. The molecule has 1 spiro atoms. The molecule has 4 aliphatic rings. The van der Waals surface area contributed by atoms with E-state index in [-0.39, 0.29) is 12.0 Å². The Bertz CT molecular complexity index is 1310. The van der Waals surface area contributed by atoms with Crippen LogP contribution in [0.2, 0.25) is 0 Å². The van der Waals surface area contributed by atoms with Crippen LogP contribution >= 0.6 is 0 Å². The fourth-order valence-corrected chi connectivity index (χ4v) is 7.19. The summed E-state index contributed by atoms with van der Waals surface area (Å²) in [5.74, 6) is -5.32. The number of hydrogen-bond donors (Lipinski definition) is 0. The number of ether oxygens (including phenoxy) is 7. The maximum atomic E-state index is 13.2. The molecular formula is C30H38O13. The van der Waals surface area contributed by atoms with Crippen LogP contribution in [0.15, 0.2) is 23.3 Å². The van der Waals surface area contributed by atoms with Gasteiger partial charge in [0, 0.05) is 47.0 Å². The number of epoxide rings is 1. The third kappa shape index (κ3) is 5.21. The van der Waals surface area contributed by atoms with Gasteiger partial charge in [0.1, 0.15) is 12.2 Å². The molecule has 0 aromatic carbocycles. The SMILES string of the molecule is CC(=O)O[C@H]1[C@@H](OC(C)=O)/C(C)=C\[C@@H]2OC(=O)[C@]3(C)O[C@]23[C@@H](OC(C)=O)[C@H]2C(C)=CC[C@H](OC(C)=O)[C@]2(C)[C@H]1OC(C)=O. The van der Waals surface area contributed by atoms with Gasteiger partial charge in [-0.05, 0) is 32.4 Å². The largest absolute Gasteiger partial charge is 0.461 e. The Morgan fingerprint density at radius 2 is 1.30 bits per heavy atom. The van der Waals surface area contributed by atoms with Crippen molar-refractivity contribution < 1.29 is 61.9 Å². The van der Waals surface area contributed by atoms with Gasteiger partial charge >= 0.3 is 35.8 Å². The van der Waals surface area contributed by atoms with Crippen LogP contribution in [0.3, 0.4) is 0 Å². The molecular weight excluding hydrogens is 568 g/mol. The average Bonchev–Trinajstić information content (AvgIpc) is 3.46. The molecule has 4 rings (SSSR count). The Hall–Kier alpha value is -3.74. The molecule has 2 aliphatic heterocycles. The summed E-state index contributed by atoms with van der Waals surface area (Å²) in [6.07, 6.45) is -4.28. The first-order chi connectivity index (χ1) is 19.9. The second-order valence-corrected chi connectivity index (χ2v) is 12.0. The monoisotopic (exact) mass is 606 g/mol. The summed E-state index contributed by atoms with van der Waals surface area (Å²) in [7, 11) is 0. The van der Waals surface area contributed by atoms with E-state index in [1.807, 2.05) is 0 Å². The lowest BCUT2D eigenvalue weighted by Gasteiger charge is -2.54. The molecule has 0 saturated carbocycles. The zero-order valence-electron chi connectivity index (χ0n) is 25.7. The highest BCUT2D eigenvalue weighted by Crippen LogP contribution is 2.65. The van der Waals surface area contributed by atoms with E-state index in [1.165, 1.54) is 26.8 Å². The Labute approximate surface area is 249 Å². The highest BCUT2D eigenvalue weighted by Gasteiger charge is 2.87. The quantitative estimate of drug-likeness (QED) is 0.193. The van der Waals surface area contributed by atoms with Gasteiger partial charge in [0.05, 0.1) is 5.41 Å². The van der Waals surface area contributed by atoms with E-state index < -0.39 is 95.0 Å². The Morgan fingerprint density at radius 1 is 0.767 bits per heavy atom. The Kier molecular flexibility index (Phi) is 8.29. The molecule has 0 aromatic heterocycles. The van der Waals surface area contributed by atoms with Crippen molar-refractivity contribution in [2.24, 2.45) is 11.3 Å². The van der Waals surface area contributed by atoms with E-state index in [1.54, 1.807) is 26.8 Å². The van der Waals surface area contributed by atoms with Gasteiger partial charge in [-0.3, -0.25) is 24.0 Å². The standard InChI is InChI=1S/C30H38O13/c1-13-10-11-20(37-15(3)31)28(8)22(13)25(40-18(6)34)30-21(42-27(36)29(30,9)43-30)12-14(2)23(38-16(4)32)24(39-17(5)33)26(28)41-19(7)35/h10,12,20-26H,11H2,1-9H3/b14-12-/t20-,21-,22+,23-,24-,25-,26-,28-,29-,30-/m0/s1. The van der Waals surface area contributed by atoms with Gasteiger partial charge in [-0.15, -0.1) is 0 Å². The maximum Gasteiger partial charge on any atom is 0.342 e. The zero-order chi connectivity index (χ0) is 32.2. The van der Waals surface area contributed by atoms with E-state index >= 15 is 0 Å². The van der Waals surface area contributed by atoms with E-state index in [0.29, 0.717) is 5.57 Å². The summed E-state index contributed by atoms with van der Waals surface area (Å²) >= 11 is 0. The molecule has 0 amide bonds. The molecule has 0 unspecified atom stereocenters. The minimum atomic E-state index is -1.56. The lowest BCUT2D eigenvalue weighted by molar-refractivity contribution is -0.223. The van der Waals surface area contributed by atoms with Crippen molar-refractivity contribution in [2.45, 2.75) is 117 Å². The molecule has 0 aromatic rings. The number of fused-ring (bicyclic) bond motifs is 1. The smallest absolute Gasteiger partial charge is 0.342 e. The number of carbonyl (C=O) groups is 6. The number of rotatable bonds is 5. The van der Waals surface area contributed by atoms with Crippen molar-refractivity contribution in [3.8, 4) is 0 Å². The van der Waals surface area contributed by atoms with Gasteiger partial charge in [0.15, 0.2) is 35.6 Å². The summed E-state index contributed by atoms with van der Waals surface area (Å²) in [5.41, 5.74) is -3.74. The molecule has 2 heterocycles. The van der Waals surface area contributed by atoms with Crippen molar-refractivity contribution in [3.63, 3.8) is 0 Å². The summed E-state index contributed by atoms with van der Waals surface area (Å²) in [5, 5.41) is 0. The van der Waals surface area contributed by atoms with E-state index in [0.717, 1.165) is 20.8 Å². The first kappa shape index (κ1) is 32.2. The van der Waals surface area contributed by atoms with Crippen LogP contribution in [-0.4, -0.2) is 83.6 Å². The lowest BCUT2D eigenvalue weighted by atomic mass is 9.56. The maximum absolute atomic E-state index is 13.2. The van der Waals surface area contributed by atoms with Crippen LogP contribution < -0.4 is 0 Å². The van der Waals surface area contributed by atoms with Crippen LogP contribution in [0, 0.1) is 11.3 Å². The molecule has 0 N–H and O–H groups in total. The second kappa shape index (κ2) is 11.1. The predicted molar refractivity (Wildman–Crippen MR) is 144 cm³/mol. The Balaban J connectivity index is 2.14. The van der Waals surface area contributed by atoms with Crippen LogP contribution in [-0.2, 0) is 61.9 Å². The summed E-state index contributed by atoms with van der Waals surface area (Å²) < 4.78 is 41.2. The molecule has 10 atom stereocenters. The normalized spacial score (nSPS) is 40.9. The fraction of sp³-hybridized carbons (Fsp3) is 0.667. The van der Waals surface area contributed by atoms with Gasteiger partial charge in [0.25, 0.3) is 0 Å². The first-order valence-electron chi connectivity index (χ1n) is 14.0. The minimum absolute atomic E-state index is 0.146. The number of esters is 6. The van der Waals surface area contributed by atoms with Crippen molar-refractivity contribution >= 4 is 35.8 Å². The second-order valence-electron chi connectivity index (χ2n) is 12.0. The van der Waals surface area contributed by atoms with Crippen LogP contribution in [0.1, 0.15) is 68.7 Å². The highest BCUT2D eigenvalue weighted by molar-refractivity contribution is 5.89. The van der Waals surface area contributed by atoms with Gasteiger partial charge in [-0.2, -0.15) is 0 Å². The van der Waals surface area contributed by atoms with E-state index in [9.17, 15) is 28.8 Å². The van der Waals surface area contributed by atoms with Crippen LogP contribution in [0.25, 0.3) is 0 Å². The van der Waals surface area contributed by atoms with Gasteiger partial charge in [0.2, 0.25) is 0 Å².